The Bertz CT molecular complexity index is 420. The molecule has 0 spiro atoms. The Morgan fingerprint density at radius 2 is 1.79 bits per heavy atom. The van der Waals surface area contributed by atoms with Gasteiger partial charge in [0.15, 0.2) is 0 Å². The highest BCUT2D eigenvalue weighted by Gasteiger charge is 2.08. The highest BCUT2D eigenvalue weighted by atomic mass is 35.5. The molecule has 0 heterocycles. The fourth-order valence-electron chi connectivity index (χ4n) is 1.37. The zero-order chi connectivity index (χ0) is 14.1. The van der Waals surface area contributed by atoms with Gasteiger partial charge in [-0.25, -0.2) is 0 Å². The van der Waals surface area contributed by atoms with Crippen LogP contribution in [0.4, 0.5) is 0 Å². The van der Waals surface area contributed by atoms with Crippen LogP contribution < -0.4 is 10.6 Å². The molecule has 5 nitrogen and oxygen atoms in total. The van der Waals surface area contributed by atoms with Gasteiger partial charge in [0.1, 0.15) is 6.42 Å². The molecule has 1 aromatic carbocycles. The van der Waals surface area contributed by atoms with E-state index in [4.69, 9.17) is 16.3 Å². The molecule has 0 aliphatic heterocycles. The van der Waals surface area contributed by atoms with E-state index in [9.17, 15) is 9.59 Å². The molecule has 104 valence electrons. The van der Waals surface area contributed by atoms with Crippen LogP contribution in [0.1, 0.15) is 12.0 Å². The molecule has 19 heavy (non-hydrogen) atoms. The van der Waals surface area contributed by atoms with E-state index in [0.717, 1.165) is 5.56 Å². The summed E-state index contributed by atoms with van der Waals surface area (Å²) in [5.41, 5.74) is 0.928. The Hall–Kier alpha value is -1.59. The number of hydrogen-bond donors (Lipinski definition) is 2. The lowest BCUT2D eigenvalue weighted by molar-refractivity contribution is -0.129. The van der Waals surface area contributed by atoms with E-state index >= 15 is 0 Å². The normalized spacial score (nSPS) is 10.0. The summed E-state index contributed by atoms with van der Waals surface area (Å²) in [4.78, 5) is 22.8. The molecule has 1 aromatic rings. The van der Waals surface area contributed by atoms with Crippen molar-refractivity contribution in [1.29, 1.82) is 0 Å². The highest BCUT2D eigenvalue weighted by molar-refractivity contribution is 6.30. The summed E-state index contributed by atoms with van der Waals surface area (Å²) in [5, 5.41) is 5.89. The second-order valence-corrected chi connectivity index (χ2v) is 4.36. The predicted molar refractivity (Wildman–Crippen MR) is 72.8 cm³/mol. The first kappa shape index (κ1) is 15.5. The predicted octanol–water partition coefficient (Wildman–Crippen LogP) is 1.11. The molecule has 0 saturated heterocycles. The maximum absolute atomic E-state index is 11.5. The summed E-state index contributed by atoms with van der Waals surface area (Å²) in [6.45, 7) is 1.21. The fraction of sp³-hybridized carbons (Fsp3) is 0.385. The minimum Gasteiger partial charge on any atom is -0.383 e. The summed E-state index contributed by atoms with van der Waals surface area (Å²) in [5.74, 6) is -0.629. The van der Waals surface area contributed by atoms with Gasteiger partial charge in [-0.2, -0.15) is 0 Å². The molecule has 2 N–H and O–H groups in total. The second kappa shape index (κ2) is 8.50. The van der Waals surface area contributed by atoms with Crippen LogP contribution in [0.3, 0.4) is 0 Å². The van der Waals surface area contributed by atoms with Crippen LogP contribution in [0.25, 0.3) is 0 Å². The SMILES string of the molecule is COCCNC(=O)CC(=O)NCc1ccc(Cl)cc1. The summed E-state index contributed by atoms with van der Waals surface area (Å²) in [6.07, 6.45) is -0.183. The van der Waals surface area contributed by atoms with Crippen LogP contribution in [0, 0.1) is 0 Å². The van der Waals surface area contributed by atoms with Gasteiger partial charge in [-0.05, 0) is 17.7 Å². The van der Waals surface area contributed by atoms with Crippen molar-refractivity contribution >= 4 is 23.4 Å². The Balaban J connectivity index is 2.24. The lowest BCUT2D eigenvalue weighted by atomic mass is 10.2. The van der Waals surface area contributed by atoms with Gasteiger partial charge >= 0.3 is 0 Å². The van der Waals surface area contributed by atoms with Crippen molar-refractivity contribution in [3.63, 3.8) is 0 Å². The molecule has 1 rings (SSSR count). The van der Waals surface area contributed by atoms with E-state index < -0.39 is 0 Å². The molecular weight excluding hydrogens is 268 g/mol. The summed E-state index contributed by atoms with van der Waals surface area (Å²) < 4.78 is 4.79. The van der Waals surface area contributed by atoms with Gasteiger partial charge in [0.25, 0.3) is 0 Å². The van der Waals surface area contributed by atoms with Gasteiger partial charge in [0, 0.05) is 25.2 Å². The first-order valence-electron chi connectivity index (χ1n) is 5.88. The van der Waals surface area contributed by atoms with Crippen LogP contribution >= 0.6 is 11.6 Å². The van der Waals surface area contributed by atoms with Crippen LogP contribution in [0.15, 0.2) is 24.3 Å². The monoisotopic (exact) mass is 284 g/mol. The smallest absolute Gasteiger partial charge is 0.229 e. The second-order valence-electron chi connectivity index (χ2n) is 3.92. The molecule has 2 amide bonds. The van der Waals surface area contributed by atoms with Crippen LogP contribution in [-0.2, 0) is 20.9 Å². The third-order valence-corrected chi connectivity index (χ3v) is 2.60. The molecule has 0 bridgehead atoms. The standard InChI is InChI=1S/C13H17ClN2O3/c1-19-7-6-15-12(17)8-13(18)16-9-10-2-4-11(14)5-3-10/h2-5H,6-9H2,1H3,(H,15,17)(H,16,18). The average Bonchev–Trinajstić information content (AvgIpc) is 2.38. The van der Waals surface area contributed by atoms with Crippen molar-refractivity contribution in [2.24, 2.45) is 0 Å². The molecule has 0 unspecified atom stereocenters. The average molecular weight is 285 g/mol. The maximum Gasteiger partial charge on any atom is 0.229 e. The van der Waals surface area contributed by atoms with Gasteiger partial charge in [-0.3, -0.25) is 9.59 Å². The minimum absolute atomic E-state index is 0.183. The lowest BCUT2D eigenvalue weighted by Crippen LogP contribution is -2.33. The number of halogens is 1. The van der Waals surface area contributed by atoms with Crippen molar-refractivity contribution in [2.45, 2.75) is 13.0 Å². The van der Waals surface area contributed by atoms with Gasteiger partial charge in [-0.1, -0.05) is 23.7 Å². The Labute approximate surface area is 117 Å². The number of carbonyl (C=O) groups excluding carboxylic acids is 2. The first-order chi connectivity index (χ1) is 9.11. The van der Waals surface area contributed by atoms with Crippen molar-refractivity contribution in [3.8, 4) is 0 Å². The van der Waals surface area contributed by atoms with E-state index in [1.165, 1.54) is 0 Å². The lowest BCUT2D eigenvalue weighted by Gasteiger charge is -2.06. The molecule has 0 fully saturated rings. The topological polar surface area (TPSA) is 67.4 Å². The molecule has 0 aliphatic carbocycles. The van der Waals surface area contributed by atoms with E-state index in [1.54, 1.807) is 19.2 Å². The first-order valence-corrected chi connectivity index (χ1v) is 6.26. The quantitative estimate of drug-likeness (QED) is 0.582. The van der Waals surface area contributed by atoms with Gasteiger partial charge in [0.05, 0.1) is 6.61 Å². The van der Waals surface area contributed by atoms with E-state index in [-0.39, 0.29) is 18.2 Å². The van der Waals surface area contributed by atoms with Crippen molar-refractivity contribution in [1.82, 2.24) is 10.6 Å². The van der Waals surface area contributed by atoms with Crippen molar-refractivity contribution < 1.29 is 14.3 Å². The van der Waals surface area contributed by atoms with Crippen LogP contribution in [0.5, 0.6) is 0 Å². The van der Waals surface area contributed by atoms with E-state index in [2.05, 4.69) is 10.6 Å². The van der Waals surface area contributed by atoms with Gasteiger partial charge in [-0.15, -0.1) is 0 Å². The summed E-state index contributed by atoms with van der Waals surface area (Å²) in [6, 6.07) is 7.14. The zero-order valence-electron chi connectivity index (χ0n) is 10.7. The van der Waals surface area contributed by atoms with Gasteiger partial charge < -0.3 is 15.4 Å². The Morgan fingerprint density at radius 3 is 2.42 bits per heavy atom. The number of benzene rings is 1. The van der Waals surface area contributed by atoms with Gasteiger partial charge in [0.2, 0.25) is 11.8 Å². The number of rotatable bonds is 7. The van der Waals surface area contributed by atoms with Crippen molar-refractivity contribution in [2.75, 3.05) is 20.3 Å². The molecular formula is C13H17ClN2O3. The highest BCUT2D eigenvalue weighted by Crippen LogP contribution is 2.09. The number of ether oxygens (including phenoxy) is 1. The molecule has 0 atom stereocenters. The molecule has 0 radical (unpaired) electrons. The van der Waals surface area contributed by atoms with E-state index in [0.29, 0.717) is 24.7 Å². The van der Waals surface area contributed by atoms with Crippen molar-refractivity contribution in [3.05, 3.63) is 34.9 Å². The number of methoxy groups -OCH3 is 1. The summed E-state index contributed by atoms with van der Waals surface area (Å²) in [7, 11) is 1.55. The third-order valence-electron chi connectivity index (χ3n) is 2.35. The van der Waals surface area contributed by atoms with Crippen LogP contribution in [-0.4, -0.2) is 32.1 Å². The number of carbonyl (C=O) groups is 2. The number of nitrogens with one attached hydrogen (secondary N) is 2. The minimum atomic E-state index is -0.315. The number of amides is 2. The molecule has 0 saturated carbocycles. The number of hydrogen-bond acceptors (Lipinski definition) is 3. The molecule has 6 heteroatoms. The zero-order valence-corrected chi connectivity index (χ0v) is 11.5. The summed E-state index contributed by atoms with van der Waals surface area (Å²) >= 11 is 5.75. The third kappa shape index (κ3) is 6.79. The Morgan fingerprint density at radius 1 is 1.16 bits per heavy atom. The van der Waals surface area contributed by atoms with E-state index in [1.807, 2.05) is 12.1 Å². The molecule has 0 aromatic heterocycles. The largest absolute Gasteiger partial charge is 0.383 e. The maximum atomic E-state index is 11.5. The van der Waals surface area contributed by atoms with Crippen LogP contribution in [0.2, 0.25) is 5.02 Å². The molecule has 0 aliphatic rings. The fourth-order valence-corrected chi connectivity index (χ4v) is 1.49. The Kier molecular flexibility index (Phi) is 6.92.